The number of hydrogen-bond donors (Lipinski definition) is 0. The van der Waals surface area contributed by atoms with Crippen molar-refractivity contribution in [3.63, 3.8) is 0 Å². The van der Waals surface area contributed by atoms with Gasteiger partial charge in [-0.2, -0.15) is 0 Å². The highest BCUT2D eigenvalue weighted by atomic mass is 32.2. The van der Waals surface area contributed by atoms with Crippen molar-refractivity contribution in [3.05, 3.63) is 54.4 Å². The van der Waals surface area contributed by atoms with Gasteiger partial charge in [-0.1, -0.05) is 29.5 Å². The molecule has 128 valence electrons. The fourth-order valence-corrected chi connectivity index (χ4v) is 3.94. The third-order valence-corrected chi connectivity index (χ3v) is 5.35. The lowest BCUT2D eigenvalue weighted by Crippen LogP contribution is -2.09. The third-order valence-electron chi connectivity index (χ3n) is 4.29. The molecule has 1 atom stereocenters. The molecular weight excluding hydrogens is 332 g/mol. The number of rotatable bonds is 5. The Morgan fingerprint density at radius 1 is 1.12 bits per heavy atom. The summed E-state index contributed by atoms with van der Waals surface area (Å²) in [6.45, 7) is 2.96. The molecule has 2 aromatic heterocycles. The highest BCUT2D eigenvalue weighted by Crippen LogP contribution is 2.29. The molecule has 6 heteroatoms. The van der Waals surface area contributed by atoms with Gasteiger partial charge in [0.05, 0.1) is 6.10 Å². The van der Waals surface area contributed by atoms with Gasteiger partial charge in [-0.05, 0) is 44.0 Å². The van der Waals surface area contributed by atoms with Crippen LogP contribution >= 0.6 is 11.8 Å². The van der Waals surface area contributed by atoms with Crippen molar-refractivity contribution in [2.24, 2.45) is 0 Å². The average Bonchev–Trinajstić information content (AvgIpc) is 3.31. The van der Waals surface area contributed by atoms with Gasteiger partial charge in [-0.15, -0.1) is 10.2 Å². The lowest BCUT2D eigenvalue weighted by atomic mass is 10.2. The van der Waals surface area contributed by atoms with Gasteiger partial charge in [-0.3, -0.25) is 9.55 Å². The van der Waals surface area contributed by atoms with Crippen LogP contribution in [0.3, 0.4) is 0 Å². The third kappa shape index (κ3) is 3.60. The fraction of sp³-hybridized carbons (Fsp3) is 0.316. The van der Waals surface area contributed by atoms with Crippen molar-refractivity contribution in [2.45, 2.75) is 31.0 Å². The molecule has 1 aliphatic rings. The van der Waals surface area contributed by atoms with Crippen LogP contribution in [-0.4, -0.2) is 38.2 Å². The minimum atomic E-state index is 0.317. The van der Waals surface area contributed by atoms with Crippen LogP contribution in [0.4, 0.5) is 0 Å². The van der Waals surface area contributed by atoms with Crippen LogP contribution in [0.25, 0.3) is 17.1 Å². The molecule has 0 bridgehead atoms. The van der Waals surface area contributed by atoms with Gasteiger partial charge in [0, 0.05) is 36.0 Å². The molecule has 0 N–H and O–H groups in total. The van der Waals surface area contributed by atoms with E-state index in [-0.39, 0.29) is 0 Å². The van der Waals surface area contributed by atoms with E-state index in [0.29, 0.717) is 6.10 Å². The first-order valence-corrected chi connectivity index (χ1v) is 9.47. The highest BCUT2D eigenvalue weighted by Gasteiger charge is 2.20. The first-order valence-electron chi connectivity index (χ1n) is 8.48. The monoisotopic (exact) mass is 352 g/mol. The molecule has 0 aliphatic carbocycles. The van der Waals surface area contributed by atoms with E-state index >= 15 is 0 Å². The number of pyridine rings is 1. The molecule has 3 heterocycles. The molecule has 1 fully saturated rings. The standard InChI is InChI=1S/C19H20N4OS/c1-14-4-6-16(7-5-14)23-18(15-8-10-20-11-9-15)21-22-19(23)25-13-17-3-2-12-24-17/h4-11,17H,2-3,12-13H2,1H3. The molecule has 0 radical (unpaired) electrons. The Labute approximate surface area is 151 Å². The van der Waals surface area contributed by atoms with E-state index < -0.39 is 0 Å². The summed E-state index contributed by atoms with van der Waals surface area (Å²) in [5, 5.41) is 9.80. The number of aryl methyl sites for hydroxylation is 1. The van der Waals surface area contributed by atoms with Gasteiger partial charge in [0.2, 0.25) is 0 Å². The van der Waals surface area contributed by atoms with E-state index in [4.69, 9.17) is 4.74 Å². The van der Waals surface area contributed by atoms with Crippen LogP contribution in [0.2, 0.25) is 0 Å². The summed E-state index contributed by atoms with van der Waals surface area (Å²) in [4.78, 5) is 4.10. The van der Waals surface area contributed by atoms with E-state index in [1.165, 1.54) is 5.56 Å². The number of ether oxygens (including phenoxy) is 1. The summed E-state index contributed by atoms with van der Waals surface area (Å²) >= 11 is 1.71. The van der Waals surface area contributed by atoms with Crippen molar-refractivity contribution < 1.29 is 4.74 Å². The first kappa shape index (κ1) is 16.3. The van der Waals surface area contributed by atoms with Gasteiger partial charge in [-0.25, -0.2) is 0 Å². The number of nitrogens with zero attached hydrogens (tertiary/aromatic N) is 4. The van der Waals surface area contributed by atoms with Gasteiger partial charge < -0.3 is 4.74 Å². The number of hydrogen-bond acceptors (Lipinski definition) is 5. The molecule has 3 aromatic rings. The van der Waals surface area contributed by atoms with E-state index in [2.05, 4.69) is 50.9 Å². The van der Waals surface area contributed by atoms with Gasteiger partial charge in [0.15, 0.2) is 11.0 Å². The predicted molar refractivity (Wildman–Crippen MR) is 99.0 cm³/mol. The van der Waals surface area contributed by atoms with Crippen molar-refractivity contribution in [2.75, 3.05) is 12.4 Å². The zero-order chi connectivity index (χ0) is 17.1. The molecule has 0 amide bonds. The van der Waals surface area contributed by atoms with Crippen LogP contribution in [0.15, 0.2) is 53.9 Å². The summed E-state index contributed by atoms with van der Waals surface area (Å²) < 4.78 is 7.86. The van der Waals surface area contributed by atoms with Crippen LogP contribution in [-0.2, 0) is 4.74 Å². The molecule has 25 heavy (non-hydrogen) atoms. The molecular formula is C19H20N4OS. The fourth-order valence-electron chi connectivity index (χ4n) is 2.92. The summed E-state index contributed by atoms with van der Waals surface area (Å²) in [5.41, 5.74) is 3.31. The Hall–Kier alpha value is -2.18. The topological polar surface area (TPSA) is 52.8 Å². The maximum atomic E-state index is 5.74. The molecule has 1 aromatic carbocycles. The van der Waals surface area contributed by atoms with Crippen molar-refractivity contribution >= 4 is 11.8 Å². The SMILES string of the molecule is Cc1ccc(-n2c(SCC3CCCO3)nnc2-c2ccncc2)cc1. The summed E-state index contributed by atoms with van der Waals surface area (Å²) in [5.74, 6) is 1.74. The van der Waals surface area contributed by atoms with Crippen molar-refractivity contribution in [1.82, 2.24) is 19.7 Å². The highest BCUT2D eigenvalue weighted by molar-refractivity contribution is 7.99. The lowest BCUT2D eigenvalue weighted by Gasteiger charge is -2.12. The second kappa shape index (κ2) is 7.37. The lowest BCUT2D eigenvalue weighted by molar-refractivity contribution is 0.129. The minimum Gasteiger partial charge on any atom is -0.377 e. The smallest absolute Gasteiger partial charge is 0.196 e. The zero-order valence-corrected chi connectivity index (χ0v) is 14.9. The van der Waals surface area contributed by atoms with E-state index in [1.807, 2.05) is 12.1 Å². The molecule has 5 nitrogen and oxygen atoms in total. The van der Waals surface area contributed by atoms with Crippen LogP contribution in [0, 0.1) is 6.92 Å². The molecule has 1 unspecified atom stereocenters. The quantitative estimate of drug-likeness (QED) is 0.652. The second-order valence-electron chi connectivity index (χ2n) is 6.16. The van der Waals surface area contributed by atoms with Crippen molar-refractivity contribution in [3.8, 4) is 17.1 Å². The van der Waals surface area contributed by atoms with E-state index in [9.17, 15) is 0 Å². The Bertz CT molecular complexity index is 826. The Balaban J connectivity index is 1.70. The Morgan fingerprint density at radius 2 is 1.92 bits per heavy atom. The maximum Gasteiger partial charge on any atom is 0.196 e. The normalized spacial score (nSPS) is 17.1. The van der Waals surface area contributed by atoms with Crippen LogP contribution in [0.5, 0.6) is 0 Å². The Morgan fingerprint density at radius 3 is 2.64 bits per heavy atom. The first-order chi connectivity index (χ1) is 12.3. The number of aromatic nitrogens is 4. The maximum absolute atomic E-state index is 5.74. The van der Waals surface area contributed by atoms with Gasteiger partial charge in [0.25, 0.3) is 0 Å². The molecule has 4 rings (SSSR count). The van der Waals surface area contributed by atoms with Crippen molar-refractivity contribution in [1.29, 1.82) is 0 Å². The number of thioether (sulfide) groups is 1. The Kier molecular flexibility index (Phi) is 4.81. The zero-order valence-electron chi connectivity index (χ0n) is 14.1. The molecule has 0 spiro atoms. The second-order valence-corrected chi connectivity index (χ2v) is 7.15. The summed E-state index contributed by atoms with van der Waals surface area (Å²) in [6, 6.07) is 12.4. The van der Waals surface area contributed by atoms with Crippen LogP contribution < -0.4 is 0 Å². The predicted octanol–water partition coefficient (Wildman–Crippen LogP) is 3.91. The molecule has 1 saturated heterocycles. The largest absolute Gasteiger partial charge is 0.377 e. The average molecular weight is 352 g/mol. The molecule has 0 saturated carbocycles. The van der Waals surface area contributed by atoms with E-state index in [0.717, 1.165) is 47.4 Å². The van der Waals surface area contributed by atoms with Crippen LogP contribution in [0.1, 0.15) is 18.4 Å². The summed E-state index contributed by atoms with van der Waals surface area (Å²) in [7, 11) is 0. The molecule has 1 aliphatic heterocycles. The number of benzene rings is 1. The minimum absolute atomic E-state index is 0.317. The van der Waals surface area contributed by atoms with Gasteiger partial charge in [0.1, 0.15) is 0 Å². The van der Waals surface area contributed by atoms with Gasteiger partial charge >= 0.3 is 0 Å². The van der Waals surface area contributed by atoms with E-state index in [1.54, 1.807) is 24.2 Å². The summed E-state index contributed by atoms with van der Waals surface area (Å²) in [6.07, 6.45) is 6.16.